The van der Waals surface area contributed by atoms with Gasteiger partial charge in [-0.3, -0.25) is 9.69 Å². The van der Waals surface area contributed by atoms with E-state index in [1.54, 1.807) is 0 Å². The summed E-state index contributed by atoms with van der Waals surface area (Å²) in [6.07, 6.45) is 4.74. The fourth-order valence-corrected chi connectivity index (χ4v) is 2.05. The van der Waals surface area contributed by atoms with Gasteiger partial charge in [0, 0.05) is 0 Å². The molecule has 0 bridgehead atoms. The number of carbonyl (C=O) groups is 1. The molecule has 2 radical (unpaired) electrons. The van der Waals surface area contributed by atoms with Crippen molar-refractivity contribution in [3.8, 4) is 0 Å². The highest BCUT2D eigenvalue weighted by Crippen LogP contribution is 2.18. The molecule has 1 aliphatic rings. The second-order valence-electron chi connectivity index (χ2n) is 3.72. The van der Waals surface area contributed by atoms with Crippen LogP contribution < -0.4 is 0 Å². The number of hydrogen-bond acceptors (Lipinski definition) is 2. The summed E-state index contributed by atoms with van der Waals surface area (Å²) in [4.78, 5) is 13.8. The van der Waals surface area contributed by atoms with E-state index >= 15 is 0 Å². The number of nitrogens with zero attached hydrogens (tertiary/aromatic N) is 1. The maximum atomic E-state index is 11.5. The Morgan fingerprint density at radius 2 is 2.31 bits per heavy atom. The minimum absolute atomic E-state index is 0.124. The lowest BCUT2D eigenvalue weighted by Gasteiger charge is -2.34. The molecule has 13 heavy (non-hydrogen) atoms. The van der Waals surface area contributed by atoms with Crippen LogP contribution >= 0.6 is 0 Å². The second kappa shape index (κ2) is 5.43. The van der Waals surface area contributed by atoms with E-state index in [2.05, 4.69) is 11.8 Å². The van der Waals surface area contributed by atoms with Gasteiger partial charge in [0.15, 0.2) is 0 Å². The number of ketones is 1. The van der Waals surface area contributed by atoms with E-state index in [-0.39, 0.29) is 18.1 Å². The lowest BCUT2D eigenvalue weighted by Crippen LogP contribution is -2.44. The Balaban J connectivity index is 2.50. The van der Waals surface area contributed by atoms with Crippen molar-refractivity contribution in [2.75, 3.05) is 13.1 Å². The Kier molecular flexibility index (Phi) is 4.50. The van der Waals surface area contributed by atoms with Gasteiger partial charge in [0.2, 0.25) is 0 Å². The van der Waals surface area contributed by atoms with Crippen LogP contribution in [0.4, 0.5) is 0 Å². The van der Waals surface area contributed by atoms with E-state index < -0.39 is 0 Å². The van der Waals surface area contributed by atoms with E-state index in [0.717, 1.165) is 25.9 Å². The molecule has 1 fully saturated rings. The van der Waals surface area contributed by atoms with Gasteiger partial charge in [-0.05, 0) is 38.7 Å². The maximum absolute atomic E-state index is 11.5. The molecule has 0 aromatic heterocycles. The first kappa shape index (κ1) is 10.8. The van der Waals surface area contributed by atoms with Gasteiger partial charge in [0.05, 0.1) is 13.9 Å². The van der Waals surface area contributed by atoms with Gasteiger partial charge in [-0.25, -0.2) is 0 Å². The predicted molar refractivity (Wildman–Crippen MR) is 55.1 cm³/mol. The third-order valence-corrected chi connectivity index (χ3v) is 2.70. The lowest BCUT2D eigenvalue weighted by molar-refractivity contribution is -0.123. The monoisotopic (exact) mass is 179 g/mol. The molecule has 1 rings (SSSR count). The van der Waals surface area contributed by atoms with Crippen molar-refractivity contribution in [2.24, 2.45) is 0 Å². The van der Waals surface area contributed by atoms with Gasteiger partial charge in [-0.1, -0.05) is 13.3 Å². The average Bonchev–Trinajstić information content (AvgIpc) is 2.18. The molecule has 1 saturated heterocycles. The van der Waals surface area contributed by atoms with Gasteiger partial charge in [0.1, 0.15) is 5.78 Å². The first-order valence-corrected chi connectivity index (χ1v) is 5.26. The number of Topliss-reactive ketones (excluding diaryl/α,β-unsaturated/α-hetero) is 1. The van der Waals surface area contributed by atoms with Crippen LogP contribution in [0.15, 0.2) is 0 Å². The van der Waals surface area contributed by atoms with Crippen LogP contribution in [-0.4, -0.2) is 37.7 Å². The molecule has 1 unspecified atom stereocenters. The Bertz CT molecular complexity index is 170. The van der Waals surface area contributed by atoms with Crippen LogP contribution in [0.1, 0.15) is 32.6 Å². The summed E-state index contributed by atoms with van der Waals surface area (Å²) >= 11 is 0. The first-order valence-electron chi connectivity index (χ1n) is 5.26. The van der Waals surface area contributed by atoms with Gasteiger partial charge in [-0.15, -0.1) is 0 Å². The van der Waals surface area contributed by atoms with Gasteiger partial charge >= 0.3 is 0 Å². The average molecular weight is 179 g/mol. The Labute approximate surface area is 82.1 Å². The van der Waals surface area contributed by atoms with Gasteiger partial charge < -0.3 is 0 Å². The van der Waals surface area contributed by atoms with Crippen LogP contribution in [0.2, 0.25) is 6.32 Å². The van der Waals surface area contributed by atoms with Crippen molar-refractivity contribution in [1.29, 1.82) is 0 Å². The maximum Gasteiger partial charge on any atom is 0.141 e. The molecule has 2 nitrogen and oxygen atoms in total. The normalized spacial score (nSPS) is 24.5. The topological polar surface area (TPSA) is 20.3 Å². The zero-order valence-corrected chi connectivity index (χ0v) is 8.46. The number of carbonyl (C=O) groups excluding carboxylic acids is 1. The number of piperidine rings is 1. The summed E-state index contributed by atoms with van der Waals surface area (Å²) in [5.74, 6) is 0.216. The van der Waals surface area contributed by atoms with Crippen molar-refractivity contribution in [1.82, 2.24) is 4.90 Å². The van der Waals surface area contributed by atoms with E-state index in [0.29, 0.717) is 0 Å². The molecule has 0 aromatic rings. The molecule has 1 heterocycles. The molecule has 0 amide bonds. The highest BCUT2D eigenvalue weighted by Gasteiger charge is 2.25. The molecule has 0 saturated carbocycles. The Morgan fingerprint density at radius 1 is 1.54 bits per heavy atom. The van der Waals surface area contributed by atoms with Crippen molar-refractivity contribution >= 4 is 13.6 Å². The van der Waals surface area contributed by atoms with Crippen LogP contribution in [-0.2, 0) is 4.79 Å². The Morgan fingerprint density at radius 3 is 2.92 bits per heavy atom. The molecule has 0 N–H and O–H groups in total. The van der Waals surface area contributed by atoms with Crippen LogP contribution in [0.5, 0.6) is 0 Å². The van der Waals surface area contributed by atoms with Crippen LogP contribution in [0.25, 0.3) is 0 Å². The van der Waals surface area contributed by atoms with Gasteiger partial charge in [-0.2, -0.15) is 0 Å². The smallest absolute Gasteiger partial charge is 0.141 e. The third-order valence-electron chi connectivity index (χ3n) is 2.70. The first-order chi connectivity index (χ1) is 6.29. The predicted octanol–water partition coefficient (Wildman–Crippen LogP) is 1.41. The molecule has 72 valence electrons. The van der Waals surface area contributed by atoms with Crippen molar-refractivity contribution in [3.63, 3.8) is 0 Å². The van der Waals surface area contributed by atoms with E-state index in [4.69, 9.17) is 7.85 Å². The fraction of sp³-hybridized carbons (Fsp3) is 0.900. The summed E-state index contributed by atoms with van der Waals surface area (Å²) in [6.45, 7) is 4.26. The highest BCUT2D eigenvalue weighted by molar-refractivity contribution is 6.21. The van der Waals surface area contributed by atoms with Crippen LogP contribution in [0, 0.1) is 0 Å². The van der Waals surface area contributed by atoms with Crippen molar-refractivity contribution < 1.29 is 4.79 Å². The fourth-order valence-electron chi connectivity index (χ4n) is 2.05. The SMILES string of the molecule is [B]CC(=O)C1CCCCN1CCC. The molecule has 1 aliphatic heterocycles. The number of likely N-dealkylation sites (tertiary alicyclic amines) is 1. The molecule has 3 heteroatoms. The second-order valence-corrected chi connectivity index (χ2v) is 3.72. The third kappa shape index (κ3) is 2.83. The minimum Gasteiger partial charge on any atom is -0.299 e. The van der Waals surface area contributed by atoms with Crippen molar-refractivity contribution in [3.05, 3.63) is 0 Å². The van der Waals surface area contributed by atoms with Crippen molar-refractivity contribution in [2.45, 2.75) is 45.0 Å². The zero-order valence-electron chi connectivity index (χ0n) is 8.46. The number of hydrogen-bond donors (Lipinski definition) is 0. The summed E-state index contributed by atoms with van der Waals surface area (Å²) in [6, 6.07) is 0.124. The summed E-state index contributed by atoms with van der Waals surface area (Å²) < 4.78 is 0. The summed E-state index contributed by atoms with van der Waals surface area (Å²) in [5, 5.41) is 0. The Hall–Kier alpha value is -0.305. The standard InChI is InChI=1S/C10H18BNO/c1-2-6-12-7-4-3-5-9(12)10(13)8-11/h9H,2-8H2,1H3. The molecule has 0 aromatic carbocycles. The molecule has 1 atom stereocenters. The zero-order chi connectivity index (χ0) is 9.68. The van der Waals surface area contributed by atoms with E-state index in [9.17, 15) is 4.79 Å². The lowest BCUT2D eigenvalue weighted by atomic mass is 9.90. The van der Waals surface area contributed by atoms with Crippen LogP contribution in [0.3, 0.4) is 0 Å². The van der Waals surface area contributed by atoms with E-state index in [1.165, 1.54) is 12.8 Å². The summed E-state index contributed by atoms with van der Waals surface area (Å²) in [7, 11) is 5.39. The minimum atomic E-state index is 0.124. The number of rotatable bonds is 4. The largest absolute Gasteiger partial charge is 0.299 e. The highest BCUT2D eigenvalue weighted by atomic mass is 16.1. The molecular weight excluding hydrogens is 161 g/mol. The van der Waals surface area contributed by atoms with Gasteiger partial charge in [0.25, 0.3) is 0 Å². The molecule has 0 spiro atoms. The molecular formula is C10H18BNO. The molecule has 0 aliphatic carbocycles. The summed E-state index contributed by atoms with van der Waals surface area (Å²) in [5.41, 5.74) is 0. The quantitative estimate of drug-likeness (QED) is 0.608. The van der Waals surface area contributed by atoms with E-state index in [1.807, 2.05) is 0 Å².